The van der Waals surface area contributed by atoms with Gasteiger partial charge in [-0.1, -0.05) is 12.1 Å². The molecular formula is C22H22N2O5S. The molecule has 0 unspecified atom stereocenters. The summed E-state index contributed by atoms with van der Waals surface area (Å²) in [5, 5.41) is 15.0. The molecule has 0 fully saturated rings. The first kappa shape index (κ1) is 21.4. The molecule has 0 aliphatic heterocycles. The van der Waals surface area contributed by atoms with Gasteiger partial charge in [-0.3, -0.25) is 10.1 Å². The van der Waals surface area contributed by atoms with Crippen LogP contribution in [0.15, 0.2) is 52.9 Å². The minimum atomic E-state index is -0.392. The van der Waals surface area contributed by atoms with Gasteiger partial charge in [-0.25, -0.2) is 0 Å². The first-order valence-corrected chi connectivity index (χ1v) is 9.50. The SMILES string of the molecule is COc1cc(OC)cc(C(=O)NC(=S)Nc2cc(-c3ccc(CO)o3)ccc2C)c1. The molecule has 0 aliphatic rings. The van der Waals surface area contributed by atoms with E-state index in [1.807, 2.05) is 25.1 Å². The Balaban J connectivity index is 1.74. The summed E-state index contributed by atoms with van der Waals surface area (Å²) >= 11 is 5.32. The third-order valence-electron chi connectivity index (χ3n) is 4.43. The van der Waals surface area contributed by atoms with E-state index in [9.17, 15) is 9.90 Å². The molecule has 0 atom stereocenters. The molecule has 0 spiro atoms. The lowest BCUT2D eigenvalue weighted by Gasteiger charge is -2.13. The average Bonchev–Trinajstić information content (AvgIpc) is 3.24. The van der Waals surface area contributed by atoms with Crippen LogP contribution in [-0.2, 0) is 6.61 Å². The van der Waals surface area contributed by atoms with Crippen LogP contribution in [0.5, 0.6) is 11.5 Å². The van der Waals surface area contributed by atoms with Crippen molar-refractivity contribution >= 4 is 28.9 Å². The molecule has 0 saturated carbocycles. The van der Waals surface area contributed by atoms with Gasteiger partial charge < -0.3 is 24.3 Å². The number of rotatable bonds is 6. The molecule has 0 saturated heterocycles. The molecule has 30 heavy (non-hydrogen) atoms. The molecule has 7 nitrogen and oxygen atoms in total. The van der Waals surface area contributed by atoms with Crippen LogP contribution in [0, 0.1) is 6.92 Å². The summed E-state index contributed by atoms with van der Waals surface area (Å²) in [6, 6.07) is 14.1. The van der Waals surface area contributed by atoms with Gasteiger partial charge in [-0.15, -0.1) is 0 Å². The van der Waals surface area contributed by atoms with Crippen LogP contribution in [-0.4, -0.2) is 30.3 Å². The Hall–Kier alpha value is -3.36. The molecule has 0 radical (unpaired) electrons. The third-order valence-corrected chi connectivity index (χ3v) is 4.63. The Morgan fingerprint density at radius 1 is 1.07 bits per heavy atom. The first-order valence-electron chi connectivity index (χ1n) is 9.09. The molecular weight excluding hydrogens is 404 g/mol. The highest BCUT2D eigenvalue weighted by Crippen LogP contribution is 2.27. The smallest absolute Gasteiger partial charge is 0.257 e. The number of aliphatic hydroxyl groups is 1. The van der Waals surface area contributed by atoms with Crippen LogP contribution in [0.25, 0.3) is 11.3 Å². The number of carbonyl (C=O) groups is 1. The van der Waals surface area contributed by atoms with E-state index in [1.54, 1.807) is 30.3 Å². The first-order chi connectivity index (χ1) is 14.4. The number of furan rings is 1. The van der Waals surface area contributed by atoms with Gasteiger partial charge in [-0.05, 0) is 55.0 Å². The zero-order valence-corrected chi connectivity index (χ0v) is 17.6. The molecule has 0 bridgehead atoms. The number of methoxy groups -OCH3 is 2. The second kappa shape index (κ2) is 9.43. The van der Waals surface area contributed by atoms with Crippen LogP contribution >= 0.6 is 12.2 Å². The maximum absolute atomic E-state index is 12.6. The summed E-state index contributed by atoms with van der Waals surface area (Å²) in [5.74, 6) is 1.72. The number of aryl methyl sites for hydroxylation is 1. The fourth-order valence-corrected chi connectivity index (χ4v) is 3.00. The quantitative estimate of drug-likeness (QED) is 0.515. The van der Waals surface area contributed by atoms with Gasteiger partial charge in [0.2, 0.25) is 0 Å². The van der Waals surface area contributed by atoms with Crippen LogP contribution in [0.2, 0.25) is 0 Å². The number of aliphatic hydroxyl groups excluding tert-OH is 1. The van der Waals surface area contributed by atoms with Crippen molar-refractivity contribution in [2.75, 3.05) is 19.5 Å². The van der Waals surface area contributed by atoms with Crippen LogP contribution in [0.3, 0.4) is 0 Å². The van der Waals surface area contributed by atoms with Gasteiger partial charge in [0.1, 0.15) is 29.6 Å². The molecule has 8 heteroatoms. The number of ether oxygens (including phenoxy) is 2. The van der Waals surface area contributed by atoms with E-state index in [-0.39, 0.29) is 11.7 Å². The second-order valence-corrected chi connectivity index (χ2v) is 6.87. The van der Waals surface area contributed by atoms with Crippen LogP contribution in [0.1, 0.15) is 21.7 Å². The maximum Gasteiger partial charge on any atom is 0.257 e. The number of benzene rings is 2. The lowest BCUT2D eigenvalue weighted by atomic mass is 10.1. The van der Waals surface area contributed by atoms with E-state index in [4.69, 9.17) is 26.1 Å². The molecule has 3 rings (SSSR count). The van der Waals surface area contributed by atoms with Gasteiger partial charge in [0, 0.05) is 22.9 Å². The van der Waals surface area contributed by atoms with Crippen molar-refractivity contribution < 1.29 is 23.8 Å². The number of hydrogen-bond donors (Lipinski definition) is 3. The molecule has 1 aromatic heterocycles. The standard InChI is InChI=1S/C22H22N2O5S/c1-13-4-5-14(20-7-6-16(12-25)29-20)10-19(13)23-22(30)24-21(26)15-8-17(27-2)11-18(9-15)28-3/h4-11,25H,12H2,1-3H3,(H2,23,24,26,30). The van der Waals surface area contributed by atoms with Gasteiger partial charge in [0.15, 0.2) is 5.11 Å². The van der Waals surface area contributed by atoms with E-state index in [0.717, 1.165) is 16.8 Å². The number of carbonyl (C=O) groups excluding carboxylic acids is 1. The predicted molar refractivity (Wildman–Crippen MR) is 118 cm³/mol. The molecule has 3 N–H and O–H groups in total. The zero-order chi connectivity index (χ0) is 21.7. The monoisotopic (exact) mass is 426 g/mol. The number of hydrogen-bond acceptors (Lipinski definition) is 6. The Kier molecular flexibility index (Phi) is 6.71. The Labute approximate surface area is 179 Å². The highest BCUT2D eigenvalue weighted by Gasteiger charge is 2.13. The second-order valence-electron chi connectivity index (χ2n) is 6.46. The van der Waals surface area contributed by atoms with E-state index >= 15 is 0 Å². The van der Waals surface area contributed by atoms with Crippen molar-refractivity contribution in [3.63, 3.8) is 0 Å². The molecule has 0 aliphatic carbocycles. The summed E-state index contributed by atoms with van der Waals surface area (Å²) in [6.45, 7) is 1.76. The van der Waals surface area contributed by atoms with Gasteiger partial charge >= 0.3 is 0 Å². The minimum Gasteiger partial charge on any atom is -0.497 e. The molecule has 1 heterocycles. The predicted octanol–water partition coefficient (Wildman–Crippen LogP) is 3.89. The third kappa shape index (κ3) is 4.97. The Morgan fingerprint density at radius 2 is 1.77 bits per heavy atom. The van der Waals surface area contributed by atoms with Crippen molar-refractivity contribution in [2.45, 2.75) is 13.5 Å². The van der Waals surface area contributed by atoms with E-state index in [0.29, 0.717) is 28.6 Å². The largest absolute Gasteiger partial charge is 0.497 e. The summed E-state index contributed by atoms with van der Waals surface area (Å²) < 4.78 is 16.0. The summed E-state index contributed by atoms with van der Waals surface area (Å²) in [7, 11) is 3.03. The van der Waals surface area contributed by atoms with Crippen molar-refractivity contribution in [3.8, 4) is 22.8 Å². The lowest BCUT2D eigenvalue weighted by molar-refractivity contribution is 0.0977. The number of anilines is 1. The van der Waals surface area contributed by atoms with Gasteiger partial charge in [0.25, 0.3) is 5.91 Å². The molecule has 1 amide bonds. The highest BCUT2D eigenvalue weighted by molar-refractivity contribution is 7.80. The van der Waals surface area contributed by atoms with E-state index in [1.165, 1.54) is 14.2 Å². The van der Waals surface area contributed by atoms with Gasteiger partial charge in [-0.2, -0.15) is 0 Å². The summed E-state index contributed by atoms with van der Waals surface area (Å²) in [4.78, 5) is 12.6. The van der Waals surface area contributed by atoms with E-state index < -0.39 is 5.91 Å². The average molecular weight is 426 g/mol. The Bertz CT molecular complexity index is 1050. The fourth-order valence-electron chi connectivity index (χ4n) is 2.80. The van der Waals surface area contributed by atoms with Crippen LogP contribution < -0.4 is 20.1 Å². The number of amides is 1. The van der Waals surface area contributed by atoms with Crippen molar-refractivity contribution in [2.24, 2.45) is 0 Å². The minimum absolute atomic E-state index is 0.150. The van der Waals surface area contributed by atoms with Crippen molar-refractivity contribution in [1.29, 1.82) is 0 Å². The zero-order valence-electron chi connectivity index (χ0n) is 16.8. The lowest BCUT2D eigenvalue weighted by Crippen LogP contribution is -2.34. The highest BCUT2D eigenvalue weighted by atomic mass is 32.1. The fraction of sp³-hybridized carbons (Fsp3) is 0.182. The maximum atomic E-state index is 12.6. The van der Waals surface area contributed by atoms with Crippen LogP contribution in [0.4, 0.5) is 5.69 Å². The van der Waals surface area contributed by atoms with E-state index in [2.05, 4.69) is 10.6 Å². The van der Waals surface area contributed by atoms with Gasteiger partial charge in [0.05, 0.1) is 14.2 Å². The topological polar surface area (TPSA) is 93.0 Å². The summed E-state index contributed by atoms with van der Waals surface area (Å²) in [5.41, 5.74) is 2.83. The number of nitrogens with one attached hydrogen (secondary N) is 2. The number of thiocarbonyl (C=S) groups is 1. The summed E-state index contributed by atoms with van der Waals surface area (Å²) in [6.07, 6.45) is 0. The normalized spacial score (nSPS) is 10.4. The van der Waals surface area contributed by atoms with Crippen molar-refractivity contribution in [1.82, 2.24) is 5.32 Å². The van der Waals surface area contributed by atoms with Crippen molar-refractivity contribution in [3.05, 3.63) is 65.4 Å². The molecule has 2 aromatic carbocycles. The molecule has 3 aromatic rings. The molecule has 156 valence electrons. The Morgan fingerprint density at radius 3 is 2.37 bits per heavy atom.